The number of hydrogen-bond acceptors (Lipinski definition) is 5. The van der Waals surface area contributed by atoms with Gasteiger partial charge in [0.15, 0.2) is 0 Å². The first-order valence-electron chi connectivity index (χ1n) is 5.93. The highest BCUT2D eigenvalue weighted by molar-refractivity contribution is 5.29. The molecule has 0 unspecified atom stereocenters. The summed E-state index contributed by atoms with van der Waals surface area (Å²) in [5, 5.41) is 9.24. The molecule has 0 atom stereocenters. The average molecular weight is 260 g/mol. The van der Waals surface area contributed by atoms with Gasteiger partial charge < -0.3 is 14.6 Å². The van der Waals surface area contributed by atoms with Crippen LogP contribution in [0.15, 0.2) is 30.3 Å². The molecule has 0 saturated carbocycles. The number of aliphatic hydroxyl groups excluding tert-OH is 1. The monoisotopic (exact) mass is 260 g/mol. The summed E-state index contributed by atoms with van der Waals surface area (Å²) in [4.78, 5) is 8.47. The second kappa shape index (κ2) is 6.15. The lowest BCUT2D eigenvalue weighted by Crippen LogP contribution is -2.03. The number of aromatic nitrogens is 2. The molecule has 0 bridgehead atoms. The van der Waals surface area contributed by atoms with Crippen molar-refractivity contribution in [2.24, 2.45) is 0 Å². The number of nitrogens with zero attached hydrogens (tertiary/aromatic N) is 2. The van der Waals surface area contributed by atoms with Gasteiger partial charge in [-0.2, -0.15) is 0 Å². The lowest BCUT2D eigenvalue weighted by Gasteiger charge is -2.10. The minimum absolute atomic E-state index is 0.150. The zero-order valence-corrected chi connectivity index (χ0v) is 11.0. The Balaban J connectivity index is 2.09. The van der Waals surface area contributed by atoms with E-state index in [9.17, 15) is 5.11 Å². The summed E-state index contributed by atoms with van der Waals surface area (Å²) in [6.07, 6.45) is 0. The van der Waals surface area contributed by atoms with E-state index in [4.69, 9.17) is 9.47 Å². The van der Waals surface area contributed by atoms with Crippen LogP contribution in [0.5, 0.6) is 11.6 Å². The van der Waals surface area contributed by atoms with Crippen LogP contribution in [0.1, 0.15) is 17.1 Å². The van der Waals surface area contributed by atoms with Crippen molar-refractivity contribution in [2.45, 2.75) is 20.1 Å². The molecule has 0 fully saturated rings. The van der Waals surface area contributed by atoms with E-state index in [0.29, 0.717) is 23.9 Å². The zero-order valence-electron chi connectivity index (χ0n) is 11.0. The van der Waals surface area contributed by atoms with Crippen LogP contribution >= 0.6 is 0 Å². The molecule has 2 rings (SSSR count). The van der Waals surface area contributed by atoms with Gasteiger partial charge in [-0.3, -0.25) is 4.98 Å². The normalized spacial score (nSPS) is 10.3. The van der Waals surface area contributed by atoms with Crippen molar-refractivity contribution < 1.29 is 14.6 Å². The number of ether oxygens (including phenoxy) is 2. The number of aryl methyl sites for hydroxylation is 1. The molecule has 1 N–H and O–H groups in total. The molecule has 100 valence electrons. The van der Waals surface area contributed by atoms with Crippen LogP contribution in [0.2, 0.25) is 0 Å². The smallest absolute Gasteiger partial charge is 0.213 e. The number of pyridine rings is 2. The van der Waals surface area contributed by atoms with E-state index in [1.165, 1.54) is 0 Å². The van der Waals surface area contributed by atoms with Crippen LogP contribution in [0.4, 0.5) is 0 Å². The molecular weight excluding hydrogens is 244 g/mol. The lowest BCUT2D eigenvalue weighted by atomic mass is 10.3. The summed E-state index contributed by atoms with van der Waals surface area (Å²) in [5.41, 5.74) is 2.13. The second-order valence-electron chi connectivity index (χ2n) is 4.02. The van der Waals surface area contributed by atoms with Crippen molar-refractivity contribution >= 4 is 0 Å². The van der Waals surface area contributed by atoms with Gasteiger partial charge in [0.2, 0.25) is 5.88 Å². The van der Waals surface area contributed by atoms with Gasteiger partial charge in [0.25, 0.3) is 0 Å². The largest absolute Gasteiger partial charge is 0.485 e. The quantitative estimate of drug-likeness (QED) is 0.889. The minimum atomic E-state index is -0.150. The fourth-order valence-electron chi connectivity index (χ4n) is 1.65. The van der Waals surface area contributed by atoms with Crippen molar-refractivity contribution in [3.8, 4) is 11.6 Å². The van der Waals surface area contributed by atoms with E-state index in [1.54, 1.807) is 19.2 Å². The van der Waals surface area contributed by atoms with Crippen LogP contribution < -0.4 is 9.47 Å². The van der Waals surface area contributed by atoms with Gasteiger partial charge in [0, 0.05) is 11.8 Å². The van der Waals surface area contributed by atoms with Gasteiger partial charge >= 0.3 is 0 Å². The third-order valence-electron chi connectivity index (χ3n) is 2.59. The topological polar surface area (TPSA) is 64.5 Å². The molecule has 0 spiro atoms. The molecule has 5 nitrogen and oxygen atoms in total. The molecule has 2 aromatic rings. The van der Waals surface area contributed by atoms with Gasteiger partial charge in [-0.05, 0) is 25.1 Å². The van der Waals surface area contributed by atoms with Crippen LogP contribution in [0.25, 0.3) is 0 Å². The SMILES string of the molecule is COc1cccc(COc2ccc(C)nc2CO)n1. The predicted molar refractivity (Wildman–Crippen MR) is 70.0 cm³/mol. The van der Waals surface area contributed by atoms with Crippen LogP contribution in [-0.4, -0.2) is 22.2 Å². The minimum Gasteiger partial charge on any atom is -0.485 e. The van der Waals surface area contributed by atoms with Crippen LogP contribution in [-0.2, 0) is 13.2 Å². The standard InChI is InChI=1S/C14H16N2O3/c1-10-6-7-13(12(8-17)15-10)19-9-11-4-3-5-14(16-11)18-2/h3-7,17H,8-9H2,1-2H3. The summed E-state index contributed by atoms with van der Waals surface area (Å²) in [5.74, 6) is 1.11. The molecule has 0 aromatic carbocycles. The third-order valence-corrected chi connectivity index (χ3v) is 2.59. The maximum Gasteiger partial charge on any atom is 0.213 e. The van der Waals surface area contributed by atoms with E-state index in [1.807, 2.05) is 25.1 Å². The fraction of sp³-hybridized carbons (Fsp3) is 0.286. The van der Waals surface area contributed by atoms with Gasteiger partial charge in [-0.25, -0.2) is 4.98 Å². The molecule has 0 aliphatic heterocycles. The average Bonchev–Trinajstić information content (AvgIpc) is 2.46. The van der Waals surface area contributed by atoms with Crippen molar-refractivity contribution in [3.05, 3.63) is 47.4 Å². The maximum atomic E-state index is 9.24. The molecule has 0 amide bonds. The number of hydrogen-bond donors (Lipinski definition) is 1. The van der Waals surface area contributed by atoms with Crippen LogP contribution in [0, 0.1) is 6.92 Å². The van der Waals surface area contributed by atoms with Crippen molar-refractivity contribution in [1.29, 1.82) is 0 Å². The molecule has 0 radical (unpaired) electrons. The predicted octanol–water partition coefficient (Wildman–Crippen LogP) is 1.86. The summed E-state index contributed by atoms with van der Waals surface area (Å²) in [7, 11) is 1.57. The van der Waals surface area contributed by atoms with Crippen LogP contribution in [0.3, 0.4) is 0 Å². The Hall–Kier alpha value is -2.14. The Morgan fingerprint density at radius 2 is 2.00 bits per heavy atom. The summed E-state index contributed by atoms with van der Waals surface area (Å²) < 4.78 is 10.7. The van der Waals surface area contributed by atoms with E-state index in [0.717, 1.165) is 11.4 Å². The lowest BCUT2D eigenvalue weighted by molar-refractivity contribution is 0.251. The summed E-state index contributed by atoms with van der Waals surface area (Å²) in [6, 6.07) is 9.12. The number of methoxy groups -OCH3 is 1. The number of rotatable bonds is 5. The van der Waals surface area contributed by atoms with Gasteiger partial charge in [-0.15, -0.1) is 0 Å². The van der Waals surface area contributed by atoms with Gasteiger partial charge in [-0.1, -0.05) is 6.07 Å². The van der Waals surface area contributed by atoms with Crippen molar-refractivity contribution in [3.63, 3.8) is 0 Å². The first-order valence-corrected chi connectivity index (χ1v) is 5.93. The maximum absolute atomic E-state index is 9.24. The molecule has 0 aliphatic rings. The van der Waals surface area contributed by atoms with E-state index in [-0.39, 0.29) is 6.61 Å². The Morgan fingerprint density at radius 1 is 1.16 bits per heavy atom. The highest BCUT2D eigenvalue weighted by atomic mass is 16.5. The Morgan fingerprint density at radius 3 is 2.74 bits per heavy atom. The van der Waals surface area contributed by atoms with Gasteiger partial charge in [0.1, 0.15) is 18.1 Å². The third kappa shape index (κ3) is 3.42. The molecule has 2 heterocycles. The van der Waals surface area contributed by atoms with Gasteiger partial charge in [0.05, 0.1) is 19.4 Å². The second-order valence-corrected chi connectivity index (χ2v) is 4.02. The summed E-state index contributed by atoms with van der Waals surface area (Å²) >= 11 is 0. The first-order chi connectivity index (χ1) is 9.22. The number of aliphatic hydroxyl groups is 1. The van der Waals surface area contributed by atoms with E-state index in [2.05, 4.69) is 9.97 Å². The van der Waals surface area contributed by atoms with Crippen molar-refractivity contribution in [2.75, 3.05) is 7.11 Å². The first kappa shape index (κ1) is 13.3. The molecule has 19 heavy (non-hydrogen) atoms. The Kier molecular flexibility index (Phi) is 4.30. The highest BCUT2D eigenvalue weighted by Crippen LogP contribution is 2.18. The molecule has 2 aromatic heterocycles. The summed E-state index contributed by atoms with van der Waals surface area (Å²) in [6.45, 7) is 2.02. The molecule has 0 aliphatic carbocycles. The molecule has 5 heteroatoms. The molecular formula is C14H16N2O3. The highest BCUT2D eigenvalue weighted by Gasteiger charge is 2.06. The fourth-order valence-corrected chi connectivity index (χ4v) is 1.65. The van der Waals surface area contributed by atoms with E-state index < -0.39 is 0 Å². The molecule has 0 saturated heterocycles. The Labute approximate surface area is 111 Å². The zero-order chi connectivity index (χ0) is 13.7. The Bertz CT molecular complexity index is 558. The van der Waals surface area contributed by atoms with Crippen molar-refractivity contribution in [1.82, 2.24) is 9.97 Å². The van der Waals surface area contributed by atoms with E-state index >= 15 is 0 Å².